The summed E-state index contributed by atoms with van der Waals surface area (Å²) in [7, 11) is 0. The van der Waals surface area contributed by atoms with Gasteiger partial charge in [0.1, 0.15) is 5.75 Å². The maximum absolute atomic E-state index is 11.6. The van der Waals surface area contributed by atoms with Crippen LogP contribution in [0, 0.1) is 0 Å². The lowest BCUT2D eigenvalue weighted by atomic mass is 9.87. The van der Waals surface area contributed by atoms with Crippen molar-refractivity contribution < 1.29 is 9.53 Å². The first-order chi connectivity index (χ1) is 8.58. The van der Waals surface area contributed by atoms with E-state index >= 15 is 0 Å². The van der Waals surface area contributed by atoms with E-state index in [0.717, 1.165) is 5.75 Å². The molecule has 1 N–H and O–H groups in total. The van der Waals surface area contributed by atoms with Crippen LogP contribution >= 0.6 is 0 Å². The van der Waals surface area contributed by atoms with Gasteiger partial charge in [0.05, 0.1) is 0 Å². The topological polar surface area (TPSA) is 38.3 Å². The van der Waals surface area contributed by atoms with Crippen molar-refractivity contribution in [2.24, 2.45) is 0 Å². The summed E-state index contributed by atoms with van der Waals surface area (Å²) in [6.45, 7) is 12.4. The van der Waals surface area contributed by atoms with E-state index in [4.69, 9.17) is 4.74 Å². The lowest BCUT2D eigenvalue weighted by Crippen LogP contribution is -2.43. The molecule has 0 heterocycles. The quantitative estimate of drug-likeness (QED) is 0.909. The second-order valence-electron chi connectivity index (χ2n) is 6.86. The first-order valence-corrected chi connectivity index (χ1v) is 6.62. The van der Waals surface area contributed by atoms with Crippen LogP contribution < -0.4 is 10.1 Å². The molecule has 106 valence electrons. The molecule has 0 aliphatic heterocycles. The summed E-state index contributed by atoms with van der Waals surface area (Å²) in [4.78, 5) is 11.6. The molecule has 0 saturated carbocycles. The fraction of sp³-hybridized carbons (Fsp3) is 0.562. The summed E-state index contributed by atoms with van der Waals surface area (Å²) < 4.78 is 5.47. The normalized spacial score (nSPS) is 12.1. The Kier molecular flexibility index (Phi) is 4.61. The van der Waals surface area contributed by atoms with Crippen molar-refractivity contribution in [2.45, 2.75) is 52.5 Å². The SMILES string of the molecule is CC(C)(C)NC(=O)COc1ccc(C(C)(C)C)cc1. The molecule has 0 fully saturated rings. The van der Waals surface area contributed by atoms with Crippen molar-refractivity contribution >= 4 is 5.91 Å². The highest BCUT2D eigenvalue weighted by molar-refractivity contribution is 5.78. The van der Waals surface area contributed by atoms with E-state index in [1.807, 2.05) is 45.0 Å². The van der Waals surface area contributed by atoms with Gasteiger partial charge < -0.3 is 10.1 Å². The zero-order valence-corrected chi connectivity index (χ0v) is 12.8. The van der Waals surface area contributed by atoms with E-state index in [0.29, 0.717) is 0 Å². The highest BCUT2D eigenvalue weighted by Crippen LogP contribution is 2.24. The monoisotopic (exact) mass is 263 g/mol. The fourth-order valence-corrected chi connectivity index (χ4v) is 1.65. The molecule has 0 unspecified atom stereocenters. The molecular weight excluding hydrogens is 238 g/mol. The number of rotatable bonds is 3. The molecule has 0 bridgehead atoms. The van der Waals surface area contributed by atoms with Crippen molar-refractivity contribution in [1.29, 1.82) is 0 Å². The summed E-state index contributed by atoms with van der Waals surface area (Å²) in [6, 6.07) is 7.89. The number of nitrogens with one attached hydrogen (secondary N) is 1. The van der Waals surface area contributed by atoms with Gasteiger partial charge in [-0.15, -0.1) is 0 Å². The summed E-state index contributed by atoms with van der Waals surface area (Å²) in [5.74, 6) is 0.615. The van der Waals surface area contributed by atoms with Crippen LogP contribution in [0.3, 0.4) is 0 Å². The highest BCUT2D eigenvalue weighted by atomic mass is 16.5. The molecular formula is C16H25NO2. The number of carbonyl (C=O) groups excluding carboxylic acids is 1. The van der Waals surface area contributed by atoms with Crippen LogP contribution in [0.4, 0.5) is 0 Å². The van der Waals surface area contributed by atoms with Gasteiger partial charge >= 0.3 is 0 Å². The minimum atomic E-state index is -0.226. The van der Waals surface area contributed by atoms with Gasteiger partial charge in [-0.25, -0.2) is 0 Å². The van der Waals surface area contributed by atoms with E-state index in [1.54, 1.807) is 0 Å². The first-order valence-electron chi connectivity index (χ1n) is 6.62. The average Bonchev–Trinajstić information content (AvgIpc) is 2.23. The molecule has 1 aromatic rings. The van der Waals surface area contributed by atoms with E-state index < -0.39 is 0 Å². The van der Waals surface area contributed by atoms with Crippen molar-refractivity contribution in [3.05, 3.63) is 29.8 Å². The summed E-state index contributed by atoms with van der Waals surface area (Å²) in [5, 5.41) is 2.86. The Morgan fingerprint density at radius 3 is 2.00 bits per heavy atom. The largest absolute Gasteiger partial charge is 0.484 e. The van der Waals surface area contributed by atoms with Crippen molar-refractivity contribution in [3.63, 3.8) is 0 Å². The van der Waals surface area contributed by atoms with E-state index in [2.05, 4.69) is 26.1 Å². The molecule has 0 atom stereocenters. The van der Waals surface area contributed by atoms with Crippen LogP contribution in [0.2, 0.25) is 0 Å². The molecule has 0 saturated heterocycles. The third-order valence-electron chi connectivity index (χ3n) is 2.60. The Hall–Kier alpha value is -1.51. The predicted molar refractivity (Wildman–Crippen MR) is 78.5 cm³/mol. The second kappa shape index (κ2) is 5.64. The molecule has 3 heteroatoms. The Bertz CT molecular complexity index is 422. The van der Waals surface area contributed by atoms with E-state index in [9.17, 15) is 4.79 Å². The molecule has 0 aromatic heterocycles. The molecule has 1 amide bonds. The van der Waals surface area contributed by atoms with E-state index in [1.165, 1.54) is 5.56 Å². The Balaban J connectivity index is 2.53. The van der Waals surface area contributed by atoms with Crippen LogP contribution in [-0.4, -0.2) is 18.1 Å². The average molecular weight is 263 g/mol. The number of ether oxygens (including phenoxy) is 1. The number of amides is 1. The molecule has 0 aliphatic rings. The Morgan fingerprint density at radius 1 is 1.05 bits per heavy atom. The van der Waals surface area contributed by atoms with Gasteiger partial charge in [-0.2, -0.15) is 0 Å². The standard InChI is InChI=1S/C16H25NO2/c1-15(2,3)12-7-9-13(10-8-12)19-11-14(18)17-16(4,5)6/h7-10H,11H2,1-6H3,(H,17,18). The van der Waals surface area contributed by atoms with Crippen LogP contribution in [0.25, 0.3) is 0 Å². The first kappa shape index (κ1) is 15.5. The number of benzene rings is 1. The molecule has 0 radical (unpaired) electrons. The van der Waals surface area contributed by atoms with Gasteiger partial charge in [0, 0.05) is 5.54 Å². The summed E-state index contributed by atoms with van der Waals surface area (Å²) in [6.07, 6.45) is 0. The van der Waals surface area contributed by atoms with Crippen LogP contribution in [0.5, 0.6) is 5.75 Å². The number of hydrogen-bond donors (Lipinski definition) is 1. The Labute approximate surface area is 116 Å². The lowest BCUT2D eigenvalue weighted by Gasteiger charge is -2.21. The van der Waals surface area contributed by atoms with Gasteiger partial charge in [0.25, 0.3) is 5.91 Å². The van der Waals surface area contributed by atoms with Gasteiger partial charge in [-0.1, -0.05) is 32.9 Å². The number of hydrogen-bond acceptors (Lipinski definition) is 2. The van der Waals surface area contributed by atoms with Gasteiger partial charge in [0.2, 0.25) is 0 Å². The smallest absolute Gasteiger partial charge is 0.258 e. The number of carbonyl (C=O) groups is 1. The van der Waals surface area contributed by atoms with Crippen LogP contribution in [0.1, 0.15) is 47.1 Å². The van der Waals surface area contributed by atoms with Crippen LogP contribution in [0.15, 0.2) is 24.3 Å². The third kappa shape index (κ3) is 5.77. The third-order valence-corrected chi connectivity index (χ3v) is 2.60. The summed E-state index contributed by atoms with van der Waals surface area (Å²) in [5.41, 5.74) is 1.15. The highest BCUT2D eigenvalue weighted by Gasteiger charge is 2.15. The zero-order valence-electron chi connectivity index (χ0n) is 12.8. The molecule has 19 heavy (non-hydrogen) atoms. The maximum atomic E-state index is 11.6. The molecule has 0 aliphatic carbocycles. The molecule has 0 spiro atoms. The van der Waals surface area contributed by atoms with Crippen molar-refractivity contribution in [1.82, 2.24) is 5.32 Å². The zero-order chi connectivity index (χ0) is 14.7. The lowest BCUT2D eigenvalue weighted by molar-refractivity contribution is -0.124. The van der Waals surface area contributed by atoms with E-state index in [-0.39, 0.29) is 23.5 Å². The molecule has 1 rings (SSSR count). The second-order valence-corrected chi connectivity index (χ2v) is 6.86. The van der Waals surface area contributed by atoms with Crippen molar-refractivity contribution in [3.8, 4) is 5.75 Å². The predicted octanol–water partition coefficient (Wildman–Crippen LogP) is 3.28. The summed E-state index contributed by atoms with van der Waals surface area (Å²) >= 11 is 0. The molecule has 3 nitrogen and oxygen atoms in total. The van der Waals surface area contributed by atoms with Crippen LogP contribution in [-0.2, 0) is 10.2 Å². The van der Waals surface area contributed by atoms with Crippen molar-refractivity contribution in [2.75, 3.05) is 6.61 Å². The van der Waals surface area contributed by atoms with Gasteiger partial charge in [-0.05, 0) is 43.9 Å². The Morgan fingerprint density at radius 2 is 1.58 bits per heavy atom. The minimum Gasteiger partial charge on any atom is -0.484 e. The van der Waals surface area contributed by atoms with Gasteiger partial charge in [-0.3, -0.25) is 4.79 Å². The maximum Gasteiger partial charge on any atom is 0.258 e. The fourth-order valence-electron chi connectivity index (χ4n) is 1.65. The molecule has 1 aromatic carbocycles. The van der Waals surface area contributed by atoms with Gasteiger partial charge in [0.15, 0.2) is 6.61 Å². The minimum absolute atomic E-state index is 0.0478.